The second-order valence-electron chi connectivity index (χ2n) is 8.79. The van der Waals surface area contributed by atoms with Crippen molar-refractivity contribution in [3.63, 3.8) is 0 Å². The second kappa shape index (κ2) is 7.95. The molecule has 170 valence electrons. The minimum Gasteiger partial charge on any atom is -0.443 e. The summed E-state index contributed by atoms with van der Waals surface area (Å²) in [6, 6.07) is 4.86. The van der Waals surface area contributed by atoms with Crippen LogP contribution in [-0.2, 0) is 22.7 Å². The Morgan fingerprint density at radius 1 is 1.24 bits per heavy atom. The van der Waals surface area contributed by atoms with Crippen LogP contribution in [0.4, 0.5) is 0 Å². The highest BCUT2D eigenvalue weighted by Gasteiger charge is 2.39. The third-order valence-electron chi connectivity index (χ3n) is 6.07. The van der Waals surface area contributed by atoms with E-state index in [1.54, 1.807) is 10.7 Å². The SMILES string of the molecule is Cc1nc(C(C)C)oc1Cn1cc(-c2ccc3c(c2)CN(C2CCC(=O)NC2=O)C3=O)nn1. The van der Waals surface area contributed by atoms with Gasteiger partial charge in [-0.05, 0) is 31.0 Å². The van der Waals surface area contributed by atoms with Crippen LogP contribution in [0.25, 0.3) is 11.3 Å². The van der Waals surface area contributed by atoms with Crippen molar-refractivity contribution in [1.82, 2.24) is 30.2 Å². The summed E-state index contributed by atoms with van der Waals surface area (Å²) < 4.78 is 7.55. The Balaban J connectivity index is 1.34. The number of benzene rings is 1. The molecule has 0 aliphatic carbocycles. The molecule has 10 nitrogen and oxygen atoms in total. The molecular formula is C23H24N6O4. The first kappa shape index (κ1) is 21.0. The van der Waals surface area contributed by atoms with E-state index in [1.165, 1.54) is 4.90 Å². The highest BCUT2D eigenvalue weighted by atomic mass is 16.4. The van der Waals surface area contributed by atoms with Crippen LogP contribution in [0.5, 0.6) is 0 Å². The number of carbonyl (C=O) groups excluding carboxylic acids is 3. The van der Waals surface area contributed by atoms with Gasteiger partial charge in [-0.2, -0.15) is 0 Å². The van der Waals surface area contributed by atoms with E-state index < -0.39 is 11.9 Å². The molecule has 1 atom stereocenters. The Morgan fingerprint density at radius 2 is 2.06 bits per heavy atom. The Morgan fingerprint density at radius 3 is 2.79 bits per heavy atom. The average molecular weight is 448 g/mol. The van der Waals surface area contributed by atoms with E-state index >= 15 is 0 Å². The van der Waals surface area contributed by atoms with Gasteiger partial charge in [0.15, 0.2) is 5.89 Å². The lowest BCUT2D eigenvalue weighted by atomic mass is 10.0. The number of piperidine rings is 1. The van der Waals surface area contributed by atoms with Crippen molar-refractivity contribution in [2.45, 2.75) is 58.7 Å². The zero-order valence-corrected chi connectivity index (χ0v) is 18.7. The van der Waals surface area contributed by atoms with Crippen molar-refractivity contribution < 1.29 is 18.8 Å². The first-order chi connectivity index (χ1) is 15.8. The molecule has 0 radical (unpaired) electrons. The Bertz CT molecular complexity index is 1270. The topological polar surface area (TPSA) is 123 Å². The quantitative estimate of drug-likeness (QED) is 0.593. The molecule has 1 saturated heterocycles. The summed E-state index contributed by atoms with van der Waals surface area (Å²) in [5.74, 6) is 0.737. The van der Waals surface area contributed by atoms with Gasteiger partial charge in [0, 0.05) is 30.0 Å². The monoisotopic (exact) mass is 448 g/mol. The van der Waals surface area contributed by atoms with Crippen LogP contribution < -0.4 is 5.32 Å². The molecule has 1 fully saturated rings. The maximum atomic E-state index is 12.9. The first-order valence-corrected chi connectivity index (χ1v) is 10.9. The number of fused-ring (bicyclic) bond motifs is 1. The van der Waals surface area contributed by atoms with E-state index in [1.807, 2.05) is 39.1 Å². The predicted octanol–water partition coefficient (Wildman–Crippen LogP) is 2.17. The number of hydrogen-bond acceptors (Lipinski definition) is 7. The van der Waals surface area contributed by atoms with Crippen LogP contribution in [0.15, 0.2) is 28.8 Å². The van der Waals surface area contributed by atoms with Crippen LogP contribution in [0, 0.1) is 6.92 Å². The molecule has 0 saturated carbocycles. The average Bonchev–Trinajstić information content (AvgIpc) is 3.47. The first-order valence-electron chi connectivity index (χ1n) is 10.9. The van der Waals surface area contributed by atoms with E-state index in [2.05, 4.69) is 20.6 Å². The minimum absolute atomic E-state index is 0.198. The number of aromatic nitrogens is 4. The fourth-order valence-corrected chi connectivity index (χ4v) is 4.23. The van der Waals surface area contributed by atoms with Gasteiger partial charge in [0.05, 0.1) is 11.9 Å². The van der Waals surface area contributed by atoms with Crippen molar-refractivity contribution in [3.8, 4) is 11.3 Å². The summed E-state index contributed by atoms with van der Waals surface area (Å²) in [4.78, 5) is 42.5. The van der Waals surface area contributed by atoms with Gasteiger partial charge < -0.3 is 9.32 Å². The molecule has 2 aliphatic rings. The minimum atomic E-state index is -0.632. The highest BCUT2D eigenvalue weighted by molar-refractivity contribution is 6.05. The number of oxazole rings is 1. The van der Waals surface area contributed by atoms with Crippen LogP contribution >= 0.6 is 0 Å². The number of aryl methyl sites for hydroxylation is 1. The molecule has 2 aromatic heterocycles. The summed E-state index contributed by atoms with van der Waals surface area (Å²) in [6.45, 7) is 6.71. The number of amides is 3. The standard InChI is InChI=1S/C23H24N6O4/c1-12(2)22-24-13(3)19(33-22)11-28-10-17(26-27-28)14-4-5-16-15(8-14)9-29(23(16)32)18-6-7-20(30)25-21(18)31/h4-5,8,10,12,18H,6-7,9,11H2,1-3H3,(H,25,30,31). The van der Waals surface area contributed by atoms with E-state index in [9.17, 15) is 14.4 Å². The molecule has 1 aromatic carbocycles. The predicted molar refractivity (Wildman–Crippen MR) is 116 cm³/mol. The normalized spacial score (nSPS) is 18.2. The van der Waals surface area contributed by atoms with Gasteiger partial charge in [-0.3, -0.25) is 19.7 Å². The number of imide groups is 1. The Kier molecular flexibility index (Phi) is 5.07. The van der Waals surface area contributed by atoms with E-state index in [4.69, 9.17) is 4.42 Å². The Hall–Kier alpha value is -3.82. The molecule has 3 amide bonds. The summed E-state index contributed by atoms with van der Waals surface area (Å²) in [5, 5.41) is 10.8. The summed E-state index contributed by atoms with van der Waals surface area (Å²) in [7, 11) is 0. The van der Waals surface area contributed by atoms with Crippen molar-refractivity contribution in [2.75, 3.05) is 0 Å². The van der Waals surface area contributed by atoms with E-state index in [-0.39, 0.29) is 24.2 Å². The van der Waals surface area contributed by atoms with E-state index in [0.717, 1.165) is 22.6 Å². The number of nitrogens with zero attached hydrogens (tertiary/aromatic N) is 5. The number of carbonyl (C=O) groups is 3. The molecule has 0 bridgehead atoms. The maximum Gasteiger partial charge on any atom is 0.255 e. The zero-order chi connectivity index (χ0) is 23.3. The molecule has 5 rings (SSSR count). The molecule has 1 N–H and O–H groups in total. The van der Waals surface area contributed by atoms with Crippen molar-refractivity contribution in [1.29, 1.82) is 0 Å². The van der Waals surface area contributed by atoms with Gasteiger partial charge in [0.1, 0.15) is 24.0 Å². The van der Waals surface area contributed by atoms with E-state index in [0.29, 0.717) is 36.7 Å². The molecule has 1 unspecified atom stereocenters. The molecule has 0 spiro atoms. The fraction of sp³-hybridized carbons (Fsp3) is 0.391. The van der Waals surface area contributed by atoms with Crippen LogP contribution in [0.3, 0.4) is 0 Å². The zero-order valence-electron chi connectivity index (χ0n) is 18.7. The van der Waals surface area contributed by atoms with Gasteiger partial charge in [-0.15, -0.1) is 5.10 Å². The number of nitrogens with one attached hydrogen (secondary N) is 1. The summed E-state index contributed by atoms with van der Waals surface area (Å²) in [6.07, 6.45) is 2.40. The second-order valence-corrected chi connectivity index (χ2v) is 8.79. The van der Waals surface area contributed by atoms with Crippen molar-refractivity contribution in [3.05, 3.63) is 52.9 Å². The third kappa shape index (κ3) is 3.81. The summed E-state index contributed by atoms with van der Waals surface area (Å²) >= 11 is 0. The van der Waals surface area contributed by atoms with Crippen molar-refractivity contribution in [2.24, 2.45) is 0 Å². The molecular weight excluding hydrogens is 424 g/mol. The largest absolute Gasteiger partial charge is 0.443 e. The lowest BCUT2D eigenvalue weighted by molar-refractivity contribution is -0.136. The highest BCUT2D eigenvalue weighted by Crippen LogP contribution is 2.30. The third-order valence-corrected chi connectivity index (χ3v) is 6.07. The van der Waals surface area contributed by atoms with Crippen LogP contribution in [0.1, 0.15) is 65.9 Å². The fourth-order valence-electron chi connectivity index (χ4n) is 4.23. The van der Waals surface area contributed by atoms with Crippen LogP contribution in [0.2, 0.25) is 0 Å². The van der Waals surface area contributed by atoms with Gasteiger partial charge in [0.25, 0.3) is 5.91 Å². The number of hydrogen-bond donors (Lipinski definition) is 1. The molecule has 2 aliphatic heterocycles. The van der Waals surface area contributed by atoms with Gasteiger partial charge in [-0.1, -0.05) is 25.1 Å². The lowest BCUT2D eigenvalue weighted by Gasteiger charge is -2.29. The lowest BCUT2D eigenvalue weighted by Crippen LogP contribution is -2.52. The van der Waals surface area contributed by atoms with Crippen molar-refractivity contribution >= 4 is 17.7 Å². The Labute approximate surface area is 190 Å². The molecule has 3 aromatic rings. The molecule has 4 heterocycles. The van der Waals surface area contributed by atoms with Gasteiger partial charge >= 0.3 is 0 Å². The molecule has 10 heteroatoms. The van der Waals surface area contributed by atoms with Crippen LogP contribution in [-0.4, -0.2) is 48.6 Å². The number of rotatable bonds is 5. The van der Waals surface area contributed by atoms with Gasteiger partial charge in [0.2, 0.25) is 11.8 Å². The maximum absolute atomic E-state index is 12.9. The van der Waals surface area contributed by atoms with Gasteiger partial charge in [-0.25, -0.2) is 9.67 Å². The molecule has 33 heavy (non-hydrogen) atoms. The smallest absolute Gasteiger partial charge is 0.255 e. The summed E-state index contributed by atoms with van der Waals surface area (Å²) in [5.41, 5.74) is 3.72.